The number of anilines is 1. The van der Waals surface area contributed by atoms with Gasteiger partial charge in [0.25, 0.3) is 0 Å². The summed E-state index contributed by atoms with van der Waals surface area (Å²) in [6.45, 7) is 4.40. The van der Waals surface area contributed by atoms with Gasteiger partial charge in [-0.25, -0.2) is 13.4 Å². The average Bonchev–Trinajstić information content (AvgIpc) is 3.24. The van der Waals surface area contributed by atoms with Crippen molar-refractivity contribution in [2.75, 3.05) is 43.9 Å². The van der Waals surface area contributed by atoms with Gasteiger partial charge in [-0.2, -0.15) is 0 Å². The maximum Gasteiger partial charge on any atom is 0.151 e. The van der Waals surface area contributed by atoms with Crippen molar-refractivity contribution in [3.05, 3.63) is 58.2 Å². The number of aromatic nitrogens is 1. The first-order chi connectivity index (χ1) is 16.3. The monoisotopic (exact) mass is 522 g/mol. The van der Waals surface area contributed by atoms with E-state index in [9.17, 15) is 8.42 Å². The lowest BCUT2D eigenvalue weighted by Crippen LogP contribution is -2.61. The fourth-order valence-electron chi connectivity index (χ4n) is 5.94. The van der Waals surface area contributed by atoms with E-state index in [1.165, 1.54) is 11.8 Å². The summed E-state index contributed by atoms with van der Waals surface area (Å²) < 4.78 is 24.6. The number of hydrogen-bond acceptors (Lipinski definition) is 6. The van der Waals surface area contributed by atoms with Crippen molar-refractivity contribution in [3.63, 3.8) is 0 Å². The highest BCUT2D eigenvalue weighted by Gasteiger charge is 2.45. The lowest BCUT2D eigenvalue weighted by molar-refractivity contribution is 0.0127. The van der Waals surface area contributed by atoms with E-state index >= 15 is 0 Å². The summed E-state index contributed by atoms with van der Waals surface area (Å²) in [6, 6.07) is 13.0. The van der Waals surface area contributed by atoms with E-state index in [2.05, 4.69) is 31.8 Å². The Kier molecular flexibility index (Phi) is 7.11. The van der Waals surface area contributed by atoms with Crippen LogP contribution in [0.25, 0.3) is 0 Å². The van der Waals surface area contributed by atoms with E-state index in [0.29, 0.717) is 29.7 Å². The van der Waals surface area contributed by atoms with Crippen LogP contribution in [0.5, 0.6) is 0 Å². The fraction of sp³-hybridized carbons (Fsp3) is 0.560. The standard InChI is InChI=1S/C25H32Cl2N4O2S/c1-34(32,33)24-14-22-16-31(21-7-10-29(11-8-21)25-13-20(27)6-9-28-25)23(15-30(22)17-24)12-18-2-4-19(26)5-3-18/h2-6,9,13,21-24H,7-8,10-12,14-17H2,1H3/t22-,23?,24-/m0/s1. The number of piperazine rings is 1. The molecule has 1 unspecified atom stereocenters. The molecule has 0 amide bonds. The van der Waals surface area contributed by atoms with Crippen LogP contribution in [-0.2, 0) is 16.3 Å². The first kappa shape index (κ1) is 24.3. The summed E-state index contributed by atoms with van der Waals surface area (Å²) in [5.41, 5.74) is 1.28. The molecule has 0 bridgehead atoms. The molecular formula is C25H32Cl2N4O2S. The van der Waals surface area contributed by atoms with E-state index in [4.69, 9.17) is 23.2 Å². The van der Waals surface area contributed by atoms with Crippen molar-refractivity contribution >= 4 is 38.9 Å². The van der Waals surface area contributed by atoms with E-state index in [1.54, 1.807) is 6.20 Å². The number of rotatable bonds is 5. The number of pyridine rings is 1. The van der Waals surface area contributed by atoms with E-state index in [-0.39, 0.29) is 5.25 Å². The maximum atomic E-state index is 12.3. The van der Waals surface area contributed by atoms with Crippen molar-refractivity contribution in [2.45, 2.75) is 49.1 Å². The van der Waals surface area contributed by atoms with Gasteiger partial charge in [-0.3, -0.25) is 9.80 Å². The zero-order valence-electron chi connectivity index (χ0n) is 19.5. The van der Waals surface area contributed by atoms with Crippen LogP contribution < -0.4 is 4.90 Å². The van der Waals surface area contributed by atoms with Gasteiger partial charge in [0, 0.05) is 73.3 Å². The number of hydrogen-bond donors (Lipinski definition) is 0. The molecule has 1 aromatic carbocycles. The maximum absolute atomic E-state index is 12.3. The molecule has 2 aromatic rings. The van der Waals surface area contributed by atoms with E-state index in [1.807, 2.05) is 24.3 Å². The number of sulfone groups is 1. The SMILES string of the molecule is CS(=O)(=O)[C@H]1C[C@H]2CN(C3CCN(c4cc(Cl)ccn4)CC3)C(Cc3ccc(Cl)cc3)CN2C1. The first-order valence-electron chi connectivity index (χ1n) is 12.1. The second-order valence-corrected chi connectivity index (χ2v) is 13.2. The van der Waals surface area contributed by atoms with Gasteiger partial charge < -0.3 is 4.90 Å². The van der Waals surface area contributed by atoms with Gasteiger partial charge >= 0.3 is 0 Å². The summed E-state index contributed by atoms with van der Waals surface area (Å²) in [6.07, 6.45) is 6.97. The molecule has 3 saturated heterocycles. The molecule has 0 radical (unpaired) electrons. The summed E-state index contributed by atoms with van der Waals surface area (Å²) in [7, 11) is -3.02. The Morgan fingerprint density at radius 1 is 0.971 bits per heavy atom. The third-order valence-electron chi connectivity index (χ3n) is 7.78. The lowest BCUT2D eigenvalue weighted by atomic mass is 9.94. The van der Waals surface area contributed by atoms with E-state index in [0.717, 1.165) is 62.7 Å². The van der Waals surface area contributed by atoms with Gasteiger partial charge in [0.05, 0.1) is 5.25 Å². The van der Waals surface area contributed by atoms with Gasteiger partial charge in [-0.15, -0.1) is 0 Å². The van der Waals surface area contributed by atoms with Gasteiger partial charge in [-0.1, -0.05) is 35.3 Å². The van der Waals surface area contributed by atoms with Crippen molar-refractivity contribution in [1.82, 2.24) is 14.8 Å². The zero-order valence-corrected chi connectivity index (χ0v) is 21.8. The number of nitrogens with zero attached hydrogens (tertiary/aromatic N) is 4. The fourth-order valence-corrected chi connectivity index (χ4v) is 7.26. The van der Waals surface area contributed by atoms with Crippen molar-refractivity contribution in [3.8, 4) is 0 Å². The van der Waals surface area contributed by atoms with Crippen LogP contribution in [0, 0.1) is 0 Å². The van der Waals surface area contributed by atoms with Gasteiger partial charge in [0.2, 0.25) is 0 Å². The second-order valence-electron chi connectivity index (χ2n) is 10.0. The Labute approximate surface area is 212 Å². The Morgan fingerprint density at radius 2 is 1.71 bits per heavy atom. The molecule has 1 aromatic heterocycles. The molecule has 0 aliphatic carbocycles. The summed E-state index contributed by atoms with van der Waals surface area (Å²) >= 11 is 12.3. The highest BCUT2D eigenvalue weighted by atomic mass is 35.5. The quantitative estimate of drug-likeness (QED) is 0.595. The third-order valence-corrected chi connectivity index (χ3v) is 9.82. The van der Waals surface area contributed by atoms with E-state index < -0.39 is 9.84 Å². The average molecular weight is 524 g/mol. The predicted molar refractivity (Wildman–Crippen MR) is 139 cm³/mol. The molecule has 5 rings (SSSR count). The molecule has 0 saturated carbocycles. The number of fused-ring (bicyclic) bond motifs is 1. The second kappa shape index (κ2) is 9.94. The molecule has 3 aliphatic rings. The lowest BCUT2D eigenvalue weighted by Gasteiger charge is -2.49. The van der Waals surface area contributed by atoms with Crippen LogP contribution in [-0.4, -0.2) is 85.6 Å². The molecular weight excluding hydrogens is 491 g/mol. The molecule has 0 N–H and O–H groups in total. The highest BCUT2D eigenvalue weighted by Crippen LogP contribution is 2.33. The van der Waals surface area contributed by atoms with Crippen LogP contribution in [0.15, 0.2) is 42.6 Å². The van der Waals surface area contributed by atoms with Crippen molar-refractivity contribution in [2.24, 2.45) is 0 Å². The van der Waals surface area contributed by atoms with Crippen molar-refractivity contribution in [1.29, 1.82) is 0 Å². The topological polar surface area (TPSA) is 56.8 Å². The predicted octanol–water partition coefficient (Wildman–Crippen LogP) is 3.77. The minimum atomic E-state index is -3.02. The number of benzene rings is 1. The van der Waals surface area contributed by atoms with Crippen LogP contribution in [0.2, 0.25) is 10.0 Å². The molecule has 3 atom stereocenters. The molecule has 3 fully saturated rings. The van der Waals surface area contributed by atoms with Crippen LogP contribution >= 0.6 is 23.2 Å². The van der Waals surface area contributed by atoms with Crippen molar-refractivity contribution < 1.29 is 8.42 Å². The number of halogens is 2. The summed E-state index contributed by atoms with van der Waals surface area (Å²) in [4.78, 5) is 11.9. The van der Waals surface area contributed by atoms with Crippen LogP contribution in [0.1, 0.15) is 24.8 Å². The summed E-state index contributed by atoms with van der Waals surface area (Å²) in [5.74, 6) is 0.945. The number of piperidine rings is 1. The molecule has 6 nitrogen and oxygen atoms in total. The minimum absolute atomic E-state index is 0.246. The molecule has 34 heavy (non-hydrogen) atoms. The zero-order chi connectivity index (χ0) is 23.9. The largest absolute Gasteiger partial charge is 0.356 e. The molecule has 184 valence electrons. The molecule has 0 spiro atoms. The first-order valence-corrected chi connectivity index (χ1v) is 14.8. The Balaban J connectivity index is 1.32. The van der Waals surface area contributed by atoms with Crippen LogP contribution in [0.3, 0.4) is 0 Å². The molecule has 4 heterocycles. The third kappa shape index (κ3) is 5.39. The Hall–Kier alpha value is -1.38. The van der Waals surface area contributed by atoms with Crippen LogP contribution in [0.4, 0.5) is 5.82 Å². The molecule has 3 aliphatic heterocycles. The van der Waals surface area contributed by atoms with Gasteiger partial charge in [-0.05, 0) is 55.5 Å². The highest BCUT2D eigenvalue weighted by molar-refractivity contribution is 7.91. The smallest absolute Gasteiger partial charge is 0.151 e. The Bertz CT molecular complexity index is 1110. The van der Waals surface area contributed by atoms with Gasteiger partial charge in [0.15, 0.2) is 9.84 Å². The molecule has 9 heteroatoms. The summed E-state index contributed by atoms with van der Waals surface area (Å²) in [5, 5.41) is 1.22. The minimum Gasteiger partial charge on any atom is -0.356 e. The Morgan fingerprint density at radius 3 is 2.38 bits per heavy atom. The normalized spacial score (nSPS) is 27.1. The van der Waals surface area contributed by atoms with Gasteiger partial charge in [0.1, 0.15) is 5.82 Å².